The fourth-order valence-electron chi connectivity index (χ4n) is 2.26. The molecule has 0 amide bonds. The molecule has 0 aliphatic carbocycles. The van der Waals surface area contributed by atoms with Gasteiger partial charge in [-0.2, -0.15) is 18.4 Å². The third-order valence-corrected chi connectivity index (χ3v) is 5.61. The molecular weight excluding hydrogens is 401 g/mol. The summed E-state index contributed by atoms with van der Waals surface area (Å²) < 4.78 is 65.9. The summed E-state index contributed by atoms with van der Waals surface area (Å²) in [5, 5.41) is 8.31. The summed E-state index contributed by atoms with van der Waals surface area (Å²) in [4.78, 5) is 24.5. The fourth-order valence-corrected chi connectivity index (χ4v) is 2.97. The maximum absolute atomic E-state index is 12.9. The number of benzene rings is 1. The van der Waals surface area contributed by atoms with Crippen molar-refractivity contribution in [2.45, 2.75) is 25.3 Å². The minimum Gasteiger partial charge on any atom is -0.292 e. The molecule has 0 unspecified atom stereocenters. The predicted molar refractivity (Wildman–Crippen MR) is 94.7 cm³/mol. The number of nitrogens with zero attached hydrogens (tertiary/aromatic N) is 3. The lowest BCUT2D eigenvalue weighted by atomic mass is 10.2. The van der Waals surface area contributed by atoms with Crippen LogP contribution in [-0.4, -0.2) is 22.8 Å². The molecule has 0 spiro atoms. The quantitative estimate of drug-likeness (QED) is 0.813. The van der Waals surface area contributed by atoms with E-state index >= 15 is 0 Å². The van der Waals surface area contributed by atoms with Gasteiger partial charge in [-0.1, -0.05) is 0 Å². The van der Waals surface area contributed by atoms with E-state index < -0.39 is 38.4 Å². The molecule has 0 aliphatic rings. The lowest BCUT2D eigenvalue weighted by Crippen LogP contribution is -2.40. The highest BCUT2D eigenvalue weighted by atomic mass is 32.2. The second-order valence-corrected chi connectivity index (χ2v) is 8.32. The smallest absolute Gasteiger partial charge is 0.292 e. The Bertz CT molecular complexity index is 1190. The number of anilines is 1. The van der Waals surface area contributed by atoms with Crippen molar-refractivity contribution in [1.29, 1.82) is 5.26 Å². The molecule has 12 heteroatoms. The second-order valence-electron chi connectivity index (χ2n) is 6.08. The Labute approximate surface area is 157 Å². The van der Waals surface area contributed by atoms with Gasteiger partial charge in [0.15, 0.2) is 0 Å². The standard InChI is InChI=1S/C16H15F3N4O4S/c1-9(2)28(26,27)21-12-6-11(5-4-10(12)8-20)23-14(24)7-13(16(17,18)19)22(3)15(23)25/h4-7,9,21H,1-3H3. The van der Waals surface area contributed by atoms with Gasteiger partial charge in [0.25, 0.3) is 5.56 Å². The number of nitrogens with one attached hydrogen (secondary N) is 1. The van der Waals surface area contributed by atoms with Crippen molar-refractivity contribution in [3.8, 4) is 11.8 Å². The molecule has 1 aromatic carbocycles. The minimum atomic E-state index is -4.91. The van der Waals surface area contributed by atoms with Crippen molar-refractivity contribution in [2.24, 2.45) is 7.05 Å². The average Bonchev–Trinajstić information content (AvgIpc) is 2.57. The third-order valence-electron chi connectivity index (χ3n) is 3.87. The van der Waals surface area contributed by atoms with Crippen molar-refractivity contribution in [2.75, 3.05) is 4.72 Å². The first-order valence-electron chi connectivity index (χ1n) is 7.76. The molecular formula is C16H15F3N4O4S. The zero-order valence-electron chi connectivity index (χ0n) is 14.9. The zero-order valence-corrected chi connectivity index (χ0v) is 15.7. The van der Waals surface area contributed by atoms with Gasteiger partial charge in [-0.05, 0) is 32.0 Å². The van der Waals surface area contributed by atoms with Gasteiger partial charge in [-0.3, -0.25) is 14.1 Å². The fraction of sp³-hybridized carbons (Fsp3) is 0.312. The van der Waals surface area contributed by atoms with Gasteiger partial charge >= 0.3 is 11.9 Å². The largest absolute Gasteiger partial charge is 0.431 e. The van der Waals surface area contributed by atoms with Crippen molar-refractivity contribution in [3.05, 3.63) is 56.4 Å². The van der Waals surface area contributed by atoms with Crippen LogP contribution in [0.1, 0.15) is 25.1 Å². The topological polar surface area (TPSA) is 114 Å². The van der Waals surface area contributed by atoms with Crippen molar-refractivity contribution in [1.82, 2.24) is 9.13 Å². The van der Waals surface area contributed by atoms with Crippen LogP contribution >= 0.6 is 0 Å². The van der Waals surface area contributed by atoms with Gasteiger partial charge < -0.3 is 0 Å². The molecule has 0 aliphatic heterocycles. The van der Waals surface area contributed by atoms with Crippen molar-refractivity contribution < 1.29 is 21.6 Å². The highest BCUT2D eigenvalue weighted by Crippen LogP contribution is 2.27. The van der Waals surface area contributed by atoms with Gasteiger partial charge in [0.1, 0.15) is 11.8 Å². The van der Waals surface area contributed by atoms with Crippen LogP contribution in [0.4, 0.5) is 18.9 Å². The van der Waals surface area contributed by atoms with E-state index in [-0.39, 0.29) is 27.6 Å². The lowest BCUT2D eigenvalue weighted by molar-refractivity contribution is -0.144. The summed E-state index contributed by atoms with van der Waals surface area (Å²) in [6.45, 7) is 2.79. The van der Waals surface area contributed by atoms with E-state index in [0.29, 0.717) is 4.57 Å². The van der Waals surface area contributed by atoms with E-state index in [1.165, 1.54) is 13.8 Å². The van der Waals surface area contributed by atoms with Crippen LogP contribution in [0.5, 0.6) is 0 Å². The first-order chi connectivity index (χ1) is 12.8. The number of aromatic nitrogens is 2. The van der Waals surface area contributed by atoms with Crippen LogP contribution in [-0.2, 0) is 23.2 Å². The molecule has 2 rings (SSSR count). The molecule has 1 aromatic heterocycles. The molecule has 0 saturated carbocycles. The molecule has 2 aromatic rings. The van der Waals surface area contributed by atoms with E-state index in [1.54, 1.807) is 6.07 Å². The van der Waals surface area contributed by atoms with E-state index in [0.717, 1.165) is 25.2 Å². The first-order valence-corrected chi connectivity index (χ1v) is 9.30. The van der Waals surface area contributed by atoms with Gasteiger partial charge in [0.2, 0.25) is 10.0 Å². The van der Waals surface area contributed by atoms with E-state index in [9.17, 15) is 31.2 Å². The third kappa shape index (κ3) is 3.94. The van der Waals surface area contributed by atoms with Crippen molar-refractivity contribution in [3.63, 3.8) is 0 Å². The van der Waals surface area contributed by atoms with Crippen LogP contribution in [0.25, 0.3) is 5.69 Å². The van der Waals surface area contributed by atoms with Crippen molar-refractivity contribution >= 4 is 15.7 Å². The molecule has 0 fully saturated rings. The summed E-state index contributed by atoms with van der Waals surface area (Å²) in [7, 11) is -3.00. The Morgan fingerprint density at radius 1 is 1.18 bits per heavy atom. The number of nitriles is 1. The van der Waals surface area contributed by atoms with Gasteiger partial charge in [-0.25, -0.2) is 17.8 Å². The average molecular weight is 416 g/mol. The molecule has 0 bridgehead atoms. The molecule has 28 heavy (non-hydrogen) atoms. The van der Waals surface area contributed by atoms with Crippen LogP contribution < -0.4 is 16.0 Å². The Morgan fingerprint density at radius 3 is 2.29 bits per heavy atom. The summed E-state index contributed by atoms with van der Waals surface area (Å²) in [5.41, 5.74) is -4.44. The number of halogens is 3. The molecule has 150 valence electrons. The Kier molecular flexibility index (Phi) is 5.43. The normalized spacial score (nSPS) is 12.1. The minimum absolute atomic E-state index is 0.0928. The molecule has 0 atom stereocenters. The molecule has 1 N–H and O–H groups in total. The van der Waals surface area contributed by atoms with E-state index in [4.69, 9.17) is 5.26 Å². The number of sulfonamides is 1. The Morgan fingerprint density at radius 2 is 1.79 bits per heavy atom. The lowest BCUT2D eigenvalue weighted by Gasteiger charge is -2.16. The highest BCUT2D eigenvalue weighted by molar-refractivity contribution is 7.93. The predicted octanol–water partition coefficient (Wildman–Crippen LogP) is 1.58. The maximum atomic E-state index is 12.9. The Balaban J connectivity index is 2.73. The summed E-state index contributed by atoms with van der Waals surface area (Å²) in [6, 6.07) is 5.36. The molecule has 0 radical (unpaired) electrons. The monoisotopic (exact) mass is 416 g/mol. The molecule has 0 saturated heterocycles. The van der Waals surface area contributed by atoms with Crippen LogP contribution in [0, 0.1) is 11.3 Å². The summed E-state index contributed by atoms with van der Waals surface area (Å²) in [5.74, 6) is 0. The second kappa shape index (κ2) is 7.16. The Hall–Kier alpha value is -3.07. The molecule has 8 nitrogen and oxygen atoms in total. The molecule has 1 heterocycles. The number of alkyl halides is 3. The summed E-state index contributed by atoms with van der Waals surface area (Å²) >= 11 is 0. The number of rotatable bonds is 4. The van der Waals surface area contributed by atoms with Crippen LogP contribution in [0.15, 0.2) is 33.9 Å². The summed E-state index contributed by atoms with van der Waals surface area (Å²) in [6.07, 6.45) is -4.91. The van der Waals surface area contributed by atoms with Crippen LogP contribution in [0.3, 0.4) is 0 Å². The maximum Gasteiger partial charge on any atom is 0.431 e. The van der Waals surface area contributed by atoms with Gasteiger partial charge in [-0.15, -0.1) is 0 Å². The number of hydrogen-bond donors (Lipinski definition) is 1. The highest BCUT2D eigenvalue weighted by Gasteiger charge is 2.35. The van der Waals surface area contributed by atoms with Gasteiger partial charge in [0.05, 0.1) is 22.2 Å². The van der Waals surface area contributed by atoms with E-state index in [1.807, 2.05) is 0 Å². The van der Waals surface area contributed by atoms with Crippen LogP contribution in [0.2, 0.25) is 0 Å². The van der Waals surface area contributed by atoms with E-state index in [2.05, 4.69) is 4.72 Å². The number of hydrogen-bond acceptors (Lipinski definition) is 5. The first kappa shape index (κ1) is 21.2. The van der Waals surface area contributed by atoms with Gasteiger partial charge in [0, 0.05) is 13.1 Å². The zero-order chi connectivity index (χ0) is 21.4. The SMILES string of the molecule is CC(C)S(=O)(=O)Nc1cc(-n2c(=O)cc(C(F)(F)F)n(C)c2=O)ccc1C#N.